The van der Waals surface area contributed by atoms with Crippen molar-refractivity contribution in [2.75, 3.05) is 5.32 Å². The highest BCUT2D eigenvalue weighted by Gasteiger charge is 2.07. The fourth-order valence-electron chi connectivity index (χ4n) is 1.91. The number of hydrogen-bond acceptors (Lipinski definition) is 3. The maximum absolute atomic E-state index is 12.9. The maximum Gasteiger partial charge on any atom is 0.214 e. The van der Waals surface area contributed by atoms with Gasteiger partial charge in [-0.15, -0.1) is 0 Å². The maximum atomic E-state index is 12.9. The third-order valence-electron chi connectivity index (χ3n) is 2.66. The first kappa shape index (κ1) is 12.5. The van der Waals surface area contributed by atoms with Crippen molar-refractivity contribution in [2.45, 2.75) is 33.4 Å². The molecule has 0 unspecified atom stereocenters. The third-order valence-corrected chi connectivity index (χ3v) is 2.66. The first-order valence-electron chi connectivity index (χ1n) is 5.95. The van der Waals surface area contributed by atoms with E-state index in [1.807, 2.05) is 31.5 Å². The lowest BCUT2D eigenvalue weighted by molar-refractivity contribution is 0.541. The van der Waals surface area contributed by atoms with Crippen LogP contribution in [-0.2, 0) is 6.54 Å². The number of halogens is 1. The van der Waals surface area contributed by atoms with Gasteiger partial charge in [0, 0.05) is 11.7 Å². The minimum Gasteiger partial charge on any atom is -0.366 e. The highest BCUT2D eigenvalue weighted by Crippen LogP contribution is 2.08. The summed E-state index contributed by atoms with van der Waals surface area (Å²) in [6.45, 7) is 6.73. The lowest BCUT2D eigenvalue weighted by Gasteiger charge is -2.15. The van der Waals surface area contributed by atoms with Gasteiger partial charge in [0.2, 0.25) is 5.95 Å². The molecule has 96 valence electrons. The van der Waals surface area contributed by atoms with Crippen molar-refractivity contribution in [2.24, 2.45) is 0 Å². The molecule has 0 amide bonds. The summed E-state index contributed by atoms with van der Waals surface area (Å²) in [5.41, 5.74) is 2.12. The second-order valence-electron chi connectivity index (χ2n) is 4.50. The molecule has 0 aliphatic rings. The molecule has 0 fully saturated rings. The zero-order valence-corrected chi connectivity index (χ0v) is 10.8. The van der Waals surface area contributed by atoms with E-state index >= 15 is 0 Å². The van der Waals surface area contributed by atoms with Crippen LogP contribution in [0, 0.1) is 19.8 Å². The van der Waals surface area contributed by atoms with Gasteiger partial charge < -0.3 is 5.32 Å². The van der Waals surface area contributed by atoms with Crippen LogP contribution in [0.4, 0.5) is 10.2 Å². The summed E-state index contributed by atoms with van der Waals surface area (Å²) in [7, 11) is 0. The molecule has 0 spiro atoms. The minimum absolute atomic E-state index is 0.122. The van der Waals surface area contributed by atoms with Crippen LogP contribution in [0.25, 0.3) is 0 Å². The number of nitrogens with one attached hydrogen (secondary N) is 1. The molecule has 0 saturated carbocycles. The van der Waals surface area contributed by atoms with Gasteiger partial charge in [0.25, 0.3) is 0 Å². The van der Waals surface area contributed by atoms with Gasteiger partial charge in [-0.1, -0.05) is 6.07 Å². The summed E-state index contributed by atoms with van der Waals surface area (Å²) in [6, 6.07) is 6.88. The van der Waals surface area contributed by atoms with Gasteiger partial charge in [0.05, 0.1) is 12.2 Å². The van der Waals surface area contributed by atoms with Crippen molar-refractivity contribution in [3.05, 3.63) is 41.6 Å². The van der Waals surface area contributed by atoms with Crippen molar-refractivity contribution in [1.82, 2.24) is 14.8 Å². The first-order valence-corrected chi connectivity index (χ1v) is 5.95. The normalized spacial score (nSPS) is 12.4. The number of pyridine rings is 1. The van der Waals surface area contributed by atoms with E-state index in [0.29, 0.717) is 5.82 Å². The van der Waals surface area contributed by atoms with Crippen LogP contribution in [0.15, 0.2) is 24.3 Å². The summed E-state index contributed by atoms with van der Waals surface area (Å²) in [5.74, 6) is 0.0716. The van der Waals surface area contributed by atoms with Crippen LogP contribution in [0.1, 0.15) is 18.3 Å². The average molecular weight is 248 g/mol. The first-order chi connectivity index (χ1) is 8.54. The molecular weight excluding hydrogens is 231 g/mol. The number of rotatable bonds is 4. The second kappa shape index (κ2) is 5.16. The van der Waals surface area contributed by atoms with Crippen LogP contribution in [0.5, 0.6) is 0 Å². The van der Waals surface area contributed by atoms with E-state index in [2.05, 4.69) is 15.4 Å². The number of aryl methyl sites for hydroxylation is 2. The molecule has 2 heterocycles. The molecule has 5 heteroatoms. The van der Waals surface area contributed by atoms with Crippen molar-refractivity contribution >= 4 is 5.82 Å². The predicted octanol–water partition coefficient (Wildman–Crippen LogP) is 2.53. The summed E-state index contributed by atoms with van der Waals surface area (Å²) in [6.07, 6.45) is 0. The lowest BCUT2D eigenvalue weighted by atomic mass is 10.3. The quantitative estimate of drug-likeness (QED) is 0.845. The molecule has 2 rings (SSSR count). The summed E-state index contributed by atoms with van der Waals surface area (Å²) < 4.78 is 14.9. The Hall–Kier alpha value is -1.91. The zero-order valence-electron chi connectivity index (χ0n) is 10.8. The van der Waals surface area contributed by atoms with E-state index < -0.39 is 5.95 Å². The van der Waals surface area contributed by atoms with E-state index in [4.69, 9.17) is 0 Å². The Morgan fingerprint density at radius 1 is 1.39 bits per heavy atom. The Morgan fingerprint density at radius 2 is 2.17 bits per heavy atom. The monoisotopic (exact) mass is 248 g/mol. The topological polar surface area (TPSA) is 42.7 Å². The van der Waals surface area contributed by atoms with Gasteiger partial charge >= 0.3 is 0 Å². The van der Waals surface area contributed by atoms with Gasteiger partial charge in [0.15, 0.2) is 0 Å². The summed E-state index contributed by atoms with van der Waals surface area (Å²) in [4.78, 5) is 3.77. The molecule has 2 aromatic heterocycles. The highest BCUT2D eigenvalue weighted by molar-refractivity contribution is 5.34. The third kappa shape index (κ3) is 3.06. The zero-order chi connectivity index (χ0) is 13.1. The van der Waals surface area contributed by atoms with Crippen molar-refractivity contribution in [3.8, 4) is 0 Å². The van der Waals surface area contributed by atoms with Crippen LogP contribution >= 0.6 is 0 Å². The fourth-order valence-corrected chi connectivity index (χ4v) is 1.91. The molecule has 2 aromatic rings. The van der Waals surface area contributed by atoms with E-state index in [1.54, 1.807) is 12.1 Å². The van der Waals surface area contributed by atoms with E-state index in [0.717, 1.165) is 17.9 Å². The Balaban J connectivity index is 2.00. The summed E-state index contributed by atoms with van der Waals surface area (Å²) in [5, 5.41) is 7.55. The lowest BCUT2D eigenvalue weighted by Crippen LogP contribution is -2.23. The smallest absolute Gasteiger partial charge is 0.214 e. The molecule has 0 saturated heterocycles. The molecule has 4 nitrogen and oxygen atoms in total. The molecular formula is C13H17FN4. The number of aromatic nitrogens is 3. The molecule has 0 aromatic carbocycles. The molecule has 1 atom stereocenters. The summed E-state index contributed by atoms with van der Waals surface area (Å²) >= 11 is 0. The molecule has 0 aliphatic heterocycles. The van der Waals surface area contributed by atoms with Gasteiger partial charge in [-0.25, -0.2) is 4.98 Å². The highest BCUT2D eigenvalue weighted by atomic mass is 19.1. The van der Waals surface area contributed by atoms with E-state index in [1.165, 1.54) is 6.07 Å². The second-order valence-corrected chi connectivity index (χ2v) is 4.50. The Morgan fingerprint density at radius 3 is 2.78 bits per heavy atom. The van der Waals surface area contributed by atoms with Gasteiger partial charge in [-0.05, 0) is 39.0 Å². The number of anilines is 1. The molecule has 0 aliphatic carbocycles. The fraction of sp³-hybridized carbons (Fsp3) is 0.385. The Kier molecular flexibility index (Phi) is 3.60. The predicted molar refractivity (Wildman–Crippen MR) is 69.0 cm³/mol. The van der Waals surface area contributed by atoms with Crippen molar-refractivity contribution in [3.63, 3.8) is 0 Å². The van der Waals surface area contributed by atoms with Crippen LogP contribution in [-0.4, -0.2) is 20.8 Å². The number of nitrogens with zero attached hydrogens (tertiary/aromatic N) is 3. The largest absolute Gasteiger partial charge is 0.366 e. The SMILES string of the molecule is Cc1cc(C)n(C[C@@H](C)Nc2cccc(F)n2)n1. The molecule has 18 heavy (non-hydrogen) atoms. The Labute approximate surface area is 106 Å². The molecule has 1 N–H and O–H groups in total. The van der Waals surface area contributed by atoms with Gasteiger partial charge in [0.1, 0.15) is 5.82 Å². The van der Waals surface area contributed by atoms with Crippen LogP contribution < -0.4 is 5.32 Å². The van der Waals surface area contributed by atoms with Crippen molar-refractivity contribution < 1.29 is 4.39 Å². The van der Waals surface area contributed by atoms with E-state index in [9.17, 15) is 4.39 Å². The molecule has 0 bridgehead atoms. The van der Waals surface area contributed by atoms with E-state index in [-0.39, 0.29) is 6.04 Å². The average Bonchev–Trinajstić information content (AvgIpc) is 2.57. The number of hydrogen-bond donors (Lipinski definition) is 1. The van der Waals surface area contributed by atoms with Crippen molar-refractivity contribution in [1.29, 1.82) is 0 Å². The van der Waals surface area contributed by atoms with Gasteiger partial charge in [-0.2, -0.15) is 9.49 Å². The minimum atomic E-state index is -0.474. The Bertz CT molecular complexity index is 536. The van der Waals surface area contributed by atoms with Crippen LogP contribution in [0.2, 0.25) is 0 Å². The van der Waals surface area contributed by atoms with Crippen LogP contribution in [0.3, 0.4) is 0 Å². The standard InChI is InChI=1S/C13H17FN4/c1-9-7-11(3)18(17-9)8-10(2)15-13-6-4-5-12(14)16-13/h4-7,10H,8H2,1-3H3,(H,15,16)/t10-/m1/s1. The molecule has 0 radical (unpaired) electrons. The van der Waals surface area contributed by atoms with Gasteiger partial charge in [-0.3, -0.25) is 4.68 Å².